The maximum absolute atomic E-state index is 5.61. The molecule has 1 N–H and O–H groups in total. The summed E-state index contributed by atoms with van der Waals surface area (Å²) >= 11 is 0. The Hall–Kier alpha value is -1.61. The SMILES string of the molecule is Cc1ccc(-c2nc(CNC(C)(C)CC(C)(C)C)co2)cc1. The molecule has 0 amide bonds. The van der Waals surface area contributed by atoms with Gasteiger partial charge >= 0.3 is 0 Å². The van der Waals surface area contributed by atoms with Gasteiger partial charge in [0.2, 0.25) is 5.89 Å². The van der Waals surface area contributed by atoms with Gasteiger partial charge in [0, 0.05) is 17.6 Å². The van der Waals surface area contributed by atoms with Crippen molar-refractivity contribution >= 4 is 0 Å². The van der Waals surface area contributed by atoms with Crippen LogP contribution in [0.5, 0.6) is 0 Å². The van der Waals surface area contributed by atoms with Gasteiger partial charge < -0.3 is 9.73 Å². The molecule has 3 nitrogen and oxygen atoms in total. The van der Waals surface area contributed by atoms with E-state index in [1.165, 1.54) is 5.56 Å². The number of aryl methyl sites for hydroxylation is 1. The normalized spacial score (nSPS) is 12.6. The maximum Gasteiger partial charge on any atom is 0.226 e. The number of aromatic nitrogens is 1. The Kier molecular flexibility index (Phi) is 4.76. The van der Waals surface area contributed by atoms with Gasteiger partial charge in [-0.1, -0.05) is 38.5 Å². The van der Waals surface area contributed by atoms with Gasteiger partial charge in [0.25, 0.3) is 0 Å². The van der Waals surface area contributed by atoms with E-state index in [1.54, 1.807) is 6.26 Å². The topological polar surface area (TPSA) is 38.1 Å². The molecule has 2 rings (SSSR count). The van der Waals surface area contributed by atoms with E-state index in [2.05, 4.69) is 64.0 Å². The lowest BCUT2D eigenvalue weighted by molar-refractivity contribution is 0.240. The first-order valence-electron chi connectivity index (χ1n) is 7.91. The molecule has 22 heavy (non-hydrogen) atoms. The summed E-state index contributed by atoms with van der Waals surface area (Å²) in [7, 11) is 0. The second-order valence-electron chi connectivity index (χ2n) is 7.98. The lowest BCUT2D eigenvalue weighted by Crippen LogP contribution is -2.41. The Bertz CT molecular complexity index is 603. The molecule has 0 aliphatic carbocycles. The highest BCUT2D eigenvalue weighted by molar-refractivity contribution is 5.53. The van der Waals surface area contributed by atoms with Crippen LogP contribution in [0.25, 0.3) is 11.5 Å². The third-order valence-corrected chi connectivity index (χ3v) is 3.57. The number of nitrogens with one attached hydrogen (secondary N) is 1. The van der Waals surface area contributed by atoms with Crippen molar-refractivity contribution in [1.29, 1.82) is 0 Å². The van der Waals surface area contributed by atoms with Crippen molar-refractivity contribution in [2.24, 2.45) is 5.41 Å². The fourth-order valence-electron chi connectivity index (χ4n) is 2.94. The van der Waals surface area contributed by atoms with Crippen LogP contribution in [0, 0.1) is 12.3 Å². The van der Waals surface area contributed by atoms with Crippen molar-refractivity contribution in [3.05, 3.63) is 41.8 Å². The number of nitrogens with zero attached hydrogens (tertiary/aromatic N) is 1. The first-order chi connectivity index (χ1) is 10.1. The van der Waals surface area contributed by atoms with Crippen LogP contribution in [-0.2, 0) is 6.54 Å². The molecule has 0 unspecified atom stereocenters. The van der Waals surface area contributed by atoms with Crippen molar-refractivity contribution in [1.82, 2.24) is 10.3 Å². The number of benzene rings is 1. The molecule has 1 heterocycles. The number of hydrogen-bond donors (Lipinski definition) is 1. The Balaban J connectivity index is 1.99. The molecule has 2 aromatic rings. The Morgan fingerprint density at radius 2 is 1.68 bits per heavy atom. The van der Waals surface area contributed by atoms with Crippen molar-refractivity contribution < 1.29 is 4.42 Å². The molecule has 0 fully saturated rings. The fourth-order valence-corrected chi connectivity index (χ4v) is 2.94. The summed E-state index contributed by atoms with van der Waals surface area (Å²) in [6.45, 7) is 14.1. The average Bonchev–Trinajstić information content (AvgIpc) is 2.83. The summed E-state index contributed by atoms with van der Waals surface area (Å²) in [5.74, 6) is 0.686. The Morgan fingerprint density at radius 1 is 1.05 bits per heavy atom. The van der Waals surface area contributed by atoms with E-state index in [0.717, 1.165) is 24.2 Å². The summed E-state index contributed by atoms with van der Waals surface area (Å²) in [6, 6.07) is 8.23. The van der Waals surface area contributed by atoms with Crippen LogP contribution in [0.3, 0.4) is 0 Å². The van der Waals surface area contributed by atoms with Crippen molar-refractivity contribution in [3.8, 4) is 11.5 Å². The standard InChI is InChI=1S/C19H28N2O/c1-14-7-9-15(10-8-14)17-21-16(12-22-17)11-20-19(5,6)13-18(2,3)4/h7-10,12,20H,11,13H2,1-6H3. The van der Waals surface area contributed by atoms with Gasteiger partial charge in [0.15, 0.2) is 0 Å². The first kappa shape index (κ1) is 16.8. The van der Waals surface area contributed by atoms with Crippen molar-refractivity contribution in [2.75, 3.05) is 0 Å². The molecule has 0 aliphatic rings. The Morgan fingerprint density at radius 3 is 2.27 bits per heavy atom. The zero-order valence-corrected chi connectivity index (χ0v) is 14.7. The molecule has 1 aromatic heterocycles. The third kappa shape index (κ3) is 4.99. The summed E-state index contributed by atoms with van der Waals surface area (Å²) < 4.78 is 5.61. The highest BCUT2D eigenvalue weighted by atomic mass is 16.3. The maximum atomic E-state index is 5.61. The van der Waals surface area contributed by atoms with Gasteiger partial charge in [-0.05, 0) is 44.7 Å². The van der Waals surface area contributed by atoms with E-state index >= 15 is 0 Å². The molecule has 0 radical (unpaired) electrons. The molecular formula is C19H28N2O. The quantitative estimate of drug-likeness (QED) is 0.848. The first-order valence-corrected chi connectivity index (χ1v) is 7.91. The van der Waals surface area contributed by atoms with E-state index in [-0.39, 0.29) is 5.54 Å². The van der Waals surface area contributed by atoms with Crippen molar-refractivity contribution in [3.63, 3.8) is 0 Å². The number of oxazole rings is 1. The van der Waals surface area contributed by atoms with Crippen LogP contribution in [-0.4, -0.2) is 10.5 Å². The Labute approximate surface area is 134 Å². The van der Waals surface area contributed by atoms with Crippen molar-refractivity contribution in [2.45, 2.75) is 60.0 Å². The lowest BCUT2D eigenvalue weighted by Gasteiger charge is -2.33. The minimum absolute atomic E-state index is 0.0707. The fraction of sp³-hybridized carbons (Fsp3) is 0.526. The predicted molar refractivity (Wildman–Crippen MR) is 91.7 cm³/mol. The van der Waals surface area contributed by atoms with E-state index < -0.39 is 0 Å². The zero-order valence-electron chi connectivity index (χ0n) is 14.7. The smallest absolute Gasteiger partial charge is 0.226 e. The molecule has 0 spiro atoms. The van der Waals surface area contributed by atoms with Crippen LogP contribution >= 0.6 is 0 Å². The third-order valence-electron chi connectivity index (χ3n) is 3.57. The summed E-state index contributed by atoms with van der Waals surface area (Å²) in [5.41, 5.74) is 3.57. The highest BCUT2D eigenvalue weighted by Crippen LogP contribution is 2.27. The molecule has 0 bridgehead atoms. The number of rotatable bonds is 5. The highest BCUT2D eigenvalue weighted by Gasteiger charge is 2.25. The lowest BCUT2D eigenvalue weighted by atomic mass is 9.82. The van der Waals surface area contributed by atoms with Gasteiger partial charge in [-0.15, -0.1) is 0 Å². The molecule has 3 heteroatoms. The molecule has 0 aliphatic heterocycles. The molecule has 1 aromatic carbocycles. The van der Waals surface area contributed by atoms with Crippen LogP contribution in [0.15, 0.2) is 34.9 Å². The second kappa shape index (κ2) is 6.25. The van der Waals surface area contributed by atoms with Gasteiger partial charge in [0.05, 0.1) is 5.69 Å². The molecule has 0 atom stereocenters. The van der Waals surface area contributed by atoms with Gasteiger partial charge in [-0.25, -0.2) is 4.98 Å². The predicted octanol–water partition coefficient (Wildman–Crippen LogP) is 4.95. The van der Waals surface area contributed by atoms with Gasteiger partial charge in [-0.3, -0.25) is 0 Å². The molecule has 0 saturated carbocycles. The minimum Gasteiger partial charge on any atom is -0.444 e. The molecule has 0 saturated heterocycles. The van der Waals surface area contributed by atoms with Crippen LogP contribution < -0.4 is 5.32 Å². The van der Waals surface area contributed by atoms with E-state index in [0.29, 0.717) is 11.3 Å². The molecule has 120 valence electrons. The largest absolute Gasteiger partial charge is 0.444 e. The zero-order chi connectivity index (χ0) is 16.4. The van der Waals surface area contributed by atoms with E-state index in [4.69, 9.17) is 4.42 Å². The summed E-state index contributed by atoms with van der Waals surface area (Å²) in [5, 5.41) is 3.58. The minimum atomic E-state index is 0.0707. The van der Waals surface area contributed by atoms with Gasteiger partial charge in [-0.2, -0.15) is 0 Å². The summed E-state index contributed by atoms with van der Waals surface area (Å²) in [4.78, 5) is 4.58. The molecular weight excluding hydrogens is 272 g/mol. The summed E-state index contributed by atoms with van der Waals surface area (Å²) in [6.07, 6.45) is 2.85. The van der Waals surface area contributed by atoms with Crippen LogP contribution in [0.2, 0.25) is 0 Å². The van der Waals surface area contributed by atoms with Crippen LogP contribution in [0.1, 0.15) is 52.3 Å². The number of hydrogen-bond acceptors (Lipinski definition) is 3. The van der Waals surface area contributed by atoms with E-state index in [1.807, 2.05) is 12.1 Å². The monoisotopic (exact) mass is 300 g/mol. The average molecular weight is 300 g/mol. The van der Waals surface area contributed by atoms with Crippen LogP contribution in [0.4, 0.5) is 0 Å². The second-order valence-corrected chi connectivity index (χ2v) is 7.98. The van der Waals surface area contributed by atoms with E-state index in [9.17, 15) is 0 Å². The van der Waals surface area contributed by atoms with Gasteiger partial charge in [0.1, 0.15) is 6.26 Å².